The molecule has 0 aliphatic rings. The Balaban J connectivity index is 1.60. The minimum absolute atomic E-state index is 0.598. The molecule has 0 saturated heterocycles. The van der Waals surface area contributed by atoms with Crippen LogP contribution < -0.4 is 4.68 Å². The zero-order valence-electron chi connectivity index (χ0n) is 18.3. The maximum absolute atomic E-state index is 9.95. The van der Waals surface area contributed by atoms with Crippen molar-refractivity contribution in [2.75, 3.05) is 0 Å². The van der Waals surface area contributed by atoms with E-state index >= 15 is 0 Å². The standard InChI is InChI=1S/C30H19N4/c31-18-21-17-22(33-27-13-5-1-9-23(27)24-10-2-6-14-28(24)33)20-32(19-21)34-29-15-7-3-11-25(29)26-12-4-8-16-30(26)34/h1-17,19-20H/q+1. The highest BCUT2D eigenvalue weighted by Gasteiger charge is 2.20. The summed E-state index contributed by atoms with van der Waals surface area (Å²) in [6.45, 7) is 0. The largest absolute Gasteiger partial charge is 0.304 e. The van der Waals surface area contributed by atoms with Gasteiger partial charge < -0.3 is 4.57 Å². The van der Waals surface area contributed by atoms with E-state index < -0.39 is 0 Å². The van der Waals surface area contributed by atoms with E-state index in [2.05, 4.69) is 119 Å². The molecule has 4 nitrogen and oxygen atoms in total. The molecular weight excluding hydrogens is 416 g/mol. The molecule has 34 heavy (non-hydrogen) atoms. The summed E-state index contributed by atoms with van der Waals surface area (Å²) in [5.41, 5.74) is 5.97. The predicted molar refractivity (Wildman–Crippen MR) is 136 cm³/mol. The number of benzene rings is 4. The second-order valence-corrected chi connectivity index (χ2v) is 8.49. The van der Waals surface area contributed by atoms with Gasteiger partial charge in [0.1, 0.15) is 28.4 Å². The van der Waals surface area contributed by atoms with Gasteiger partial charge in [0.25, 0.3) is 0 Å². The number of fused-ring (bicyclic) bond motifs is 6. The molecule has 0 saturated carbocycles. The lowest BCUT2D eigenvalue weighted by Gasteiger charge is -2.08. The number of rotatable bonds is 2. The molecule has 0 fully saturated rings. The van der Waals surface area contributed by atoms with E-state index in [-0.39, 0.29) is 0 Å². The minimum atomic E-state index is 0.598. The van der Waals surface area contributed by atoms with Crippen molar-refractivity contribution in [2.24, 2.45) is 0 Å². The number of pyridine rings is 1. The van der Waals surface area contributed by atoms with Crippen LogP contribution >= 0.6 is 0 Å². The number of nitrogens with zero attached hydrogens (tertiary/aromatic N) is 4. The Morgan fingerprint density at radius 1 is 0.559 bits per heavy atom. The molecule has 0 unspecified atom stereocenters. The summed E-state index contributed by atoms with van der Waals surface area (Å²) in [5, 5.41) is 14.7. The average Bonchev–Trinajstić information content (AvgIpc) is 3.42. The fourth-order valence-corrected chi connectivity index (χ4v) is 5.20. The molecule has 158 valence electrons. The van der Waals surface area contributed by atoms with Crippen molar-refractivity contribution in [1.82, 2.24) is 9.24 Å². The van der Waals surface area contributed by atoms with Gasteiger partial charge in [-0.2, -0.15) is 5.26 Å². The predicted octanol–water partition coefficient (Wildman–Crippen LogP) is 6.36. The Labute approximate surface area is 195 Å². The molecule has 0 aliphatic carbocycles. The van der Waals surface area contributed by atoms with Gasteiger partial charge in [0.15, 0.2) is 0 Å². The Hall–Kier alpha value is -4.88. The SMILES string of the molecule is N#Cc1cc(-n2c3ccccc3c3ccccc32)c[n+](-n2c3ccccc3c3ccccc32)c1. The fourth-order valence-electron chi connectivity index (χ4n) is 5.20. The van der Waals surface area contributed by atoms with Gasteiger partial charge in [0, 0.05) is 21.5 Å². The first-order chi connectivity index (χ1) is 16.8. The molecule has 4 heteroatoms. The molecule has 0 amide bonds. The van der Waals surface area contributed by atoms with Gasteiger partial charge in [-0.1, -0.05) is 77.5 Å². The van der Waals surface area contributed by atoms with Crippen LogP contribution in [0.4, 0.5) is 0 Å². The molecular formula is C30H19N4+. The lowest BCUT2D eigenvalue weighted by Crippen LogP contribution is -2.41. The molecule has 3 aromatic heterocycles. The van der Waals surface area contributed by atoms with Crippen LogP contribution in [0.1, 0.15) is 5.56 Å². The van der Waals surface area contributed by atoms with Crippen LogP contribution in [0.15, 0.2) is 116 Å². The smallest absolute Gasteiger partial charge is 0.224 e. The van der Waals surface area contributed by atoms with Gasteiger partial charge >= 0.3 is 0 Å². The van der Waals surface area contributed by atoms with E-state index in [1.54, 1.807) is 0 Å². The maximum Gasteiger partial charge on any atom is 0.224 e. The van der Waals surface area contributed by atoms with E-state index in [1.165, 1.54) is 21.5 Å². The molecule has 7 rings (SSSR count). The first kappa shape index (κ1) is 18.7. The highest BCUT2D eigenvalue weighted by Crippen LogP contribution is 2.32. The Morgan fingerprint density at radius 3 is 1.50 bits per heavy atom. The maximum atomic E-state index is 9.95. The third-order valence-corrected chi connectivity index (χ3v) is 6.59. The van der Waals surface area contributed by atoms with Crippen molar-refractivity contribution in [1.29, 1.82) is 5.26 Å². The monoisotopic (exact) mass is 435 g/mol. The highest BCUT2D eigenvalue weighted by molar-refractivity contribution is 6.09. The second-order valence-electron chi connectivity index (χ2n) is 8.49. The molecule has 0 radical (unpaired) electrons. The van der Waals surface area contributed by atoms with E-state index in [0.29, 0.717) is 5.56 Å². The topological polar surface area (TPSA) is 37.5 Å². The van der Waals surface area contributed by atoms with Crippen molar-refractivity contribution in [3.05, 3.63) is 121 Å². The average molecular weight is 436 g/mol. The summed E-state index contributed by atoms with van der Waals surface area (Å²) in [7, 11) is 0. The van der Waals surface area contributed by atoms with E-state index in [0.717, 1.165) is 27.8 Å². The van der Waals surface area contributed by atoms with Crippen molar-refractivity contribution in [3.8, 4) is 11.8 Å². The first-order valence-electron chi connectivity index (χ1n) is 11.3. The second kappa shape index (κ2) is 7.06. The first-order valence-corrected chi connectivity index (χ1v) is 11.3. The summed E-state index contributed by atoms with van der Waals surface area (Å²) < 4.78 is 6.47. The summed E-state index contributed by atoms with van der Waals surface area (Å²) >= 11 is 0. The number of nitriles is 1. The van der Waals surface area contributed by atoms with Gasteiger partial charge in [-0.25, -0.2) is 0 Å². The Morgan fingerprint density at radius 2 is 1.00 bits per heavy atom. The van der Waals surface area contributed by atoms with Crippen LogP contribution in [0.2, 0.25) is 0 Å². The number of hydrogen-bond donors (Lipinski definition) is 0. The number of aromatic nitrogens is 3. The van der Waals surface area contributed by atoms with Gasteiger partial charge in [-0.05, 0) is 30.3 Å². The molecule has 0 bridgehead atoms. The van der Waals surface area contributed by atoms with Crippen LogP contribution in [0.3, 0.4) is 0 Å². The number of para-hydroxylation sites is 4. The van der Waals surface area contributed by atoms with Crippen LogP contribution in [-0.4, -0.2) is 9.24 Å². The molecule has 4 aromatic carbocycles. The lowest BCUT2D eigenvalue weighted by atomic mass is 10.2. The molecule has 7 aromatic rings. The van der Waals surface area contributed by atoms with Crippen molar-refractivity contribution < 1.29 is 4.68 Å². The fraction of sp³-hybridized carbons (Fsp3) is 0. The lowest BCUT2D eigenvalue weighted by molar-refractivity contribution is -0.720. The Bertz CT molecular complexity index is 1690. The van der Waals surface area contributed by atoms with Crippen molar-refractivity contribution in [3.63, 3.8) is 0 Å². The Kier molecular flexibility index (Phi) is 3.88. The quantitative estimate of drug-likeness (QED) is 0.291. The van der Waals surface area contributed by atoms with Crippen LogP contribution in [0, 0.1) is 11.3 Å². The molecule has 0 spiro atoms. The molecule has 3 heterocycles. The van der Waals surface area contributed by atoms with Gasteiger partial charge in [-0.3, -0.25) is 0 Å². The summed E-state index contributed by atoms with van der Waals surface area (Å²) in [5.74, 6) is 0. The summed E-state index contributed by atoms with van der Waals surface area (Å²) in [4.78, 5) is 0. The molecule has 0 aliphatic heterocycles. The van der Waals surface area contributed by atoms with Gasteiger partial charge in [0.05, 0.1) is 11.0 Å². The van der Waals surface area contributed by atoms with Crippen molar-refractivity contribution >= 4 is 43.6 Å². The van der Waals surface area contributed by atoms with Crippen LogP contribution in [0.5, 0.6) is 0 Å². The van der Waals surface area contributed by atoms with Crippen LogP contribution in [-0.2, 0) is 0 Å². The van der Waals surface area contributed by atoms with E-state index in [9.17, 15) is 5.26 Å². The minimum Gasteiger partial charge on any atom is -0.304 e. The van der Waals surface area contributed by atoms with Crippen molar-refractivity contribution in [2.45, 2.75) is 0 Å². The third-order valence-electron chi connectivity index (χ3n) is 6.59. The van der Waals surface area contributed by atoms with E-state index in [4.69, 9.17) is 0 Å². The normalized spacial score (nSPS) is 11.5. The number of hydrogen-bond acceptors (Lipinski definition) is 1. The highest BCUT2D eigenvalue weighted by atomic mass is 15.4. The summed E-state index contributed by atoms with van der Waals surface area (Å²) in [6, 6.07) is 38.0. The van der Waals surface area contributed by atoms with E-state index in [1.807, 2.05) is 16.9 Å². The molecule has 0 atom stereocenters. The van der Waals surface area contributed by atoms with Crippen LogP contribution in [0.25, 0.3) is 49.3 Å². The van der Waals surface area contributed by atoms with Gasteiger partial charge in [-0.15, -0.1) is 4.68 Å². The molecule has 0 N–H and O–H groups in total. The zero-order valence-corrected chi connectivity index (χ0v) is 18.3. The zero-order chi connectivity index (χ0) is 22.6. The third kappa shape index (κ3) is 2.55. The summed E-state index contributed by atoms with van der Waals surface area (Å²) in [6.07, 6.45) is 4.01. The van der Waals surface area contributed by atoms with Gasteiger partial charge in [0.2, 0.25) is 12.4 Å².